The molecule has 0 amide bonds. The first kappa shape index (κ1) is 42.6. The minimum absolute atomic E-state index is 0.680. The Hall–Kier alpha value is -10.1. The molecule has 0 bridgehead atoms. The van der Waals surface area contributed by atoms with E-state index in [4.69, 9.17) is 23.2 Å². The van der Waals surface area contributed by atoms with Crippen LogP contribution in [-0.4, -0.2) is 9.97 Å². The van der Waals surface area contributed by atoms with E-state index in [1.54, 1.807) is 0 Å². The van der Waals surface area contributed by atoms with E-state index < -0.39 is 0 Å². The van der Waals surface area contributed by atoms with E-state index in [0.717, 1.165) is 150 Å². The summed E-state index contributed by atoms with van der Waals surface area (Å²) in [6, 6.07) is 89.7. The molecule has 4 aromatic heterocycles. The first-order chi connectivity index (χ1) is 37.1. The second-order valence-corrected chi connectivity index (χ2v) is 19.3. The monoisotopic (exact) mass is 958 g/mol. The fourth-order valence-electron chi connectivity index (χ4n) is 10.8. The molecule has 15 aromatic rings. The van der Waals surface area contributed by atoms with Crippen molar-refractivity contribution in [1.29, 1.82) is 0 Å². The first-order valence-electron chi connectivity index (χ1n) is 25.2. The van der Waals surface area contributed by atoms with E-state index in [1.807, 2.05) is 54.6 Å². The van der Waals surface area contributed by atoms with Gasteiger partial charge in [-0.25, -0.2) is 9.97 Å². The van der Waals surface area contributed by atoms with Gasteiger partial charge in [0.05, 0.1) is 11.4 Å². The second kappa shape index (κ2) is 17.3. The average Bonchev–Trinajstić information content (AvgIpc) is 4.20. The van der Waals surface area contributed by atoms with Crippen molar-refractivity contribution in [3.63, 3.8) is 0 Å². The van der Waals surface area contributed by atoms with Crippen LogP contribution in [-0.2, 0) is 0 Å². The summed E-state index contributed by atoms with van der Waals surface area (Å²) in [7, 11) is 0. The standard InChI is InChI=1S/C70H42N2O3/c1-2-11-47(12-3-1)70-71-62(42-63(72-70)46-27-23-44(24-28-46)50-29-32-67-59(39-50)56-15-4-7-18-64(56)73-67)45-25-21-43(22-26-45)48-13-10-14-49(35-48)53-36-54(51-30-33-68-60(40-51)57-16-5-8-19-65(57)74-68)38-55(37-53)52-31-34-69-61(41-52)58-17-6-9-20-66(58)75-69/h1-42H. The lowest BCUT2D eigenvalue weighted by molar-refractivity contribution is 0.668. The van der Waals surface area contributed by atoms with E-state index in [2.05, 4.69) is 200 Å². The number of para-hydroxylation sites is 3. The highest BCUT2D eigenvalue weighted by Gasteiger charge is 2.16. The normalized spacial score (nSPS) is 11.7. The molecule has 0 saturated carbocycles. The fraction of sp³-hybridized carbons (Fsp3) is 0. The number of hydrogen-bond acceptors (Lipinski definition) is 5. The molecule has 5 heteroatoms. The smallest absolute Gasteiger partial charge is 0.160 e. The summed E-state index contributed by atoms with van der Waals surface area (Å²) in [6.07, 6.45) is 0. The summed E-state index contributed by atoms with van der Waals surface area (Å²) in [5.41, 5.74) is 21.2. The van der Waals surface area contributed by atoms with Crippen LogP contribution in [0.3, 0.4) is 0 Å². The third kappa shape index (κ3) is 7.57. The number of fused-ring (bicyclic) bond motifs is 9. The van der Waals surface area contributed by atoms with Crippen LogP contribution in [0.2, 0.25) is 0 Å². The Balaban J connectivity index is 0.782. The van der Waals surface area contributed by atoms with Gasteiger partial charge in [-0.3, -0.25) is 0 Å². The zero-order valence-electron chi connectivity index (χ0n) is 40.4. The predicted octanol–water partition coefficient (Wildman–Crippen LogP) is 19.5. The first-order valence-corrected chi connectivity index (χ1v) is 25.2. The average molecular weight is 959 g/mol. The number of furan rings is 3. The molecular formula is C70H42N2O3. The van der Waals surface area contributed by atoms with Crippen LogP contribution in [0, 0.1) is 0 Å². The van der Waals surface area contributed by atoms with Crippen LogP contribution in [0.15, 0.2) is 268 Å². The van der Waals surface area contributed by atoms with Crippen molar-refractivity contribution >= 4 is 65.8 Å². The molecule has 0 unspecified atom stereocenters. The van der Waals surface area contributed by atoms with Crippen molar-refractivity contribution in [3.8, 4) is 89.5 Å². The van der Waals surface area contributed by atoms with Gasteiger partial charge in [-0.2, -0.15) is 0 Å². The van der Waals surface area contributed by atoms with E-state index in [1.165, 1.54) is 0 Å². The molecule has 5 nitrogen and oxygen atoms in total. The largest absolute Gasteiger partial charge is 0.456 e. The summed E-state index contributed by atoms with van der Waals surface area (Å²) in [5, 5.41) is 6.66. The number of aromatic nitrogens is 2. The van der Waals surface area contributed by atoms with Crippen molar-refractivity contribution in [3.05, 3.63) is 255 Å². The maximum absolute atomic E-state index is 6.25. The van der Waals surface area contributed by atoms with Crippen LogP contribution < -0.4 is 0 Å². The van der Waals surface area contributed by atoms with Crippen molar-refractivity contribution < 1.29 is 13.3 Å². The van der Waals surface area contributed by atoms with Gasteiger partial charge in [0.15, 0.2) is 5.82 Å². The molecule has 0 fully saturated rings. The van der Waals surface area contributed by atoms with Gasteiger partial charge in [-0.05, 0) is 141 Å². The maximum atomic E-state index is 6.25. The number of rotatable bonds is 8. The van der Waals surface area contributed by atoms with Crippen LogP contribution in [0.5, 0.6) is 0 Å². The molecule has 0 aliphatic rings. The molecule has 0 saturated heterocycles. The molecule has 0 spiro atoms. The lowest BCUT2D eigenvalue weighted by atomic mass is 9.91. The third-order valence-electron chi connectivity index (χ3n) is 14.7. The van der Waals surface area contributed by atoms with Gasteiger partial charge >= 0.3 is 0 Å². The predicted molar refractivity (Wildman–Crippen MR) is 307 cm³/mol. The topological polar surface area (TPSA) is 65.2 Å². The Bertz CT molecular complexity index is 4560. The molecule has 0 radical (unpaired) electrons. The van der Waals surface area contributed by atoms with Gasteiger partial charge in [-0.1, -0.05) is 170 Å². The van der Waals surface area contributed by atoms with E-state index >= 15 is 0 Å². The fourth-order valence-corrected chi connectivity index (χ4v) is 10.8. The quantitative estimate of drug-likeness (QED) is 0.152. The maximum Gasteiger partial charge on any atom is 0.160 e. The molecule has 15 rings (SSSR count). The molecule has 350 valence electrons. The Morgan fingerprint density at radius 3 is 0.933 bits per heavy atom. The van der Waals surface area contributed by atoms with Gasteiger partial charge in [-0.15, -0.1) is 0 Å². The zero-order chi connectivity index (χ0) is 49.4. The Kier molecular flexibility index (Phi) is 9.82. The number of nitrogens with zero attached hydrogens (tertiary/aromatic N) is 2. The zero-order valence-corrected chi connectivity index (χ0v) is 40.4. The van der Waals surface area contributed by atoms with Crippen molar-refractivity contribution in [1.82, 2.24) is 9.97 Å². The Labute approximate surface area is 431 Å². The highest BCUT2D eigenvalue weighted by atomic mass is 16.3. The van der Waals surface area contributed by atoms with Gasteiger partial charge in [0.1, 0.15) is 33.5 Å². The van der Waals surface area contributed by atoms with Crippen LogP contribution >= 0.6 is 0 Å². The molecular weight excluding hydrogens is 917 g/mol. The van der Waals surface area contributed by atoms with Crippen LogP contribution in [0.1, 0.15) is 0 Å². The molecule has 0 aliphatic carbocycles. The minimum Gasteiger partial charge on any atom is -0.456 e. The summed E-state index contributed by atoms with van der Waals surface area (Å²) in [6.45, 7) is 0. The number of hydrogen-bond donors (Lipinski definition) is 0. The van der Waals surface area contributed by atoms with Crippen LogP contribution in [0.4, 0.5) is 0 Å². The summed E-state index contributed by atoms with van der Waals surface area (Å²) >= 11 is 0. The van der Waals surface area contributed by atoms with Crippen molar-refractivity contribution in [2.45, 2.75) is 0 Å². The van der Waals surface area contributed by atoms with E-state index in [9.17, 15) is 0 Å². The SMILES string of the molecule is c1ccc(-c2nc(-c3ccc(-c4cccc(-c5cc(-c6ccc7oc8ccccc8c7c6)cc(-c6ccc7oc8ccccc8c7c6)c5)c4)cc3)cc(-c3ccc(-c4ccc5oc6ccccc6c5c4)cc3)n2)cc1. The van der Waals surface area contributed by atoms with E-state index in [-0.39, 0.29) is 0 Å². The van der Waals surface area contributed by atoms with Gasteiger partial charge < -0.3 is 13.3 Å². The minimum atomic E-state index is 0.680. The Morgan fingerprint density at radius 1 is 0.187 bits per heavy atom. The van der Waals surface area contributed by atoms with Gasteiger partial charge in [0.2, 0.25) is 0 Å². The van der Waals surface area contributed by atoms with E-state index in [0.29, 0.717) is 5.82 Å². The highest BCUT2D eigenvalue weighted by Crippen LogP contribution is 2.40. The molecule has 0 N–H and O–H groups in total. The highest BCUT2D eigenvalue weighted by molar-refractivity contribution is 6.09. The van der Waals surface area contributed by atoms with Crippen LogP contribution in [0.25, 0.3) is 155 Å². The third-order valence-corrected chi connectivity index (χ3v) is 14.7. The summed E-state index contributed by atoms with van der Waals surface area (Å²) in [5.74, 6) is 0.680. The Morgan fingerprint density at radius 2 is 0.493 bits per heavy atom. The van der Waals surface area contributed by atoms with Crippen molar-refractivity contribution in [2.24, 2.45) is 0 Å². The van der Waals surface area contributed by atoms with Crippen molar-refractivity contribution in [2.75, 3.05) is 0 Å². The molecule has 11 aromatic carbocycles. The molecule has 0 atom stereocenters. The molecule has 75 heavy (non-hydrogen) atoms. The second-order valence-electron chi connectivity index (χ2n) is 19.3. The molecule has 4 heterocycles. The lowest BCUT2D eigenvalue weighted by Gasteiger charge is -2.13. The van der Waals surface area contributed by atoms with Gasteiger partial charge in [0.25, 0.3) is 0 Å². The summed E-state index contributed by atoms with van der Waals surface area (Å²) < 4.78 is 18.6. The van der Waals surface area contributed by atoms with Gasteiger partial charge in [0, 0.05) is 49.0 Å². The summed E-state index contributed by atoms with van der Waals surface area (Å²) in [4.78, 5) is 10.3. The number of benzene rings is 11. The molecule has 0 aliphatic heterocycles. The lowest BCUT2D eigenvalue weighted by Crippen LogP contribution is -1.96.